The van der Waals surface area contributed by atoms with Crippen LogP contribution >= 0.6 is 11.3 Å². The van der Waals surface area contributed by atoms with Gasteiger partial charge in [0.05, 0.1) is 17.5 Å². The summed E-state index contributed by atoms with van der Waals surface area (Å²) in [7, 11) is 0. The van der Waals surface area contributed by atoms with Gasteiger partial charge in [-0.05, 0) is 42.7 Å². The van der Waals surface area contributed by atoms with E-state index in [4.69, 9.17) is 5.73 Å². The van der Waals surface area contributed by atoms with E-state index in [1.807, 2.05) is 4.68 Å². The summed E-state index contributed by atoms with van der Waals surface area (Å²) >= 11 is 1.80. The Morgan fingerprint density at radius 2 is 2.48 bits per heavy atom. The molecular weight excluding hydrogens is 284 g/mol. The number of hydrogen-bond donors (Lipinski definition) is 2. The van der Waals surface area contributed by atoms with Crippen LogP contribution in [0.25, 0.3) is 0 Å². The maximum Gasteiger partial charge on any atom is 0.252 e. The number of nitrogens with one attached hydrogen (secondary N) is 1. The molecule has 5 nitrogen and oxygen atoms in total. The highest BCUT2D eigenvalue weighted by molar-refractivity contribution is 7.10. The maximum absolute atomic E-state index is 11.3. The number of primary amides is 1. The number of carbonyl (C=O) groups excluding carboxylic acids is 1. The summed E-state index contributed by atoms with van der Waals surface area (Å²) in [6.45, 7) is 4.91. The van der Waals surface area contributed by atoms with Gasteiger partial charge in [0.1, 0.15) is 0 Å². The molecule has 0 fully saturated rings. The molecule has 0 saturated heterocycles. The van der Waals surface area contributed by atoms with E-state index in [9.17, 15) is 4.79 Å². The second-order valence-electron chi connectivity index (χ2n) is 5.61. The first-order chi connectivity index (χ1) is 10.1. The lowest BCUT2D eigenvalue weighted by atomic mass is 9.96. The fourth-order valence-electron chi connectivity index (χ4n) is 2.86. The summed E-state index contributed by atoms with van der Waals surface area (Å²) in [5, 5.41) is 9.96. The molecule has 3 N–H and O–H groups in total. The molecule has 2 aromatic rings. The van der Waals surface area contributed by atoms with Gasteiger partial charge < -0.3 is 11.1 Å². The highest BCUT2D eigenvalue weighted by atomic mass is 32.1. The monoisotopic (exact) mass is 304 g/mol. The van der Waals surface area contributed by atoms with E-state index in [-0.39, 0.29) is 5.91 Å². The third-order valence-electron chi connectivity index (χ3n) is 4.12. The van der Waals surface area contributed by atoms with Gasteiger partial charge in [-0.15, -0.1) is 11.3 Å². The molecule has 0 aliphatic carbocycles. The van der Waals surface area contributed by atoms with Gasteiger partial charge in [0.2, 0.25) is 0 Å². The highest BCUT2D eigenvalue weighted by Crippen LogP contribution is 2.22. The predicted molar refractivity (Wildman–Crippen MR) is 83.3 cm³/mol. The second kappa shape index (κ2) is 5.99. The van der Waals surface area contributed by atoms with Gasteiger partial charge in [-0.2, -0.15) is 5.10 Å². The van der Waals surface area contributed by atoms with Crippen LogP contribution in [0.5, 0.6) is 0 Å². The third kappa shape index (κ3) is 3.01. The lowest BCUT2D eigenvalue weighted by molar-refractivity contribution is 0.0998. The van der Waals surface area contributed by atoms with Crippen molar-refractivity contribution in [1.29, 1.82) is 0 Å². The van der Waals surface area contributed by atoms with Crippen molar-refractivity contribution in [2.45, 2.75) is 32.9 Å². The van der Waals surface area contributed by atoms with Crippen LogP contribution in [-0.4, -0.2) is 22.2 Å². The molecule has 3 rings (SSSR count). The minimum Gasteiger partial charge on any atom is -0.365 e. The Bertz CT molecular complexity index is 646. The number of nitrogens with two attached hydrogens (primary N) is 1. The molecule has 2 aromatic heterocycles. The van der Waals surface area contributed by atoms with Crippen molar-refractivity contribution in [3.63, 3.8) is 0 Å². The first-order valence-corrected chi connectivity index (χ1v) is 8.11. The predicted octanol–water partition coefficient (Wildman–Crippen LogP) is 1.70. The number of rotatable bonds is 5. The van der Waals surface area contributed by atoms with Crippen LogP contribution in [0.1, 0.15) is 32.9 Å². The van der Waals surface area contributed by atoms with E-state index in [0.29, 0.717) is 11.5 Å². The van der Waals surface area contributed by atoms with E-state index in [2.05, 4.69) is 28.8 Å². The van der Waals surface area contributed by atoms with Crippen molar-refractivity contribution in [3.8, 4) is 0 Å². The summed E-state index contributed by atoms with van der Waals surface area (Å²) in [6, 6.07) is 2.16. The molecule has 0 unspecified atom stereocenters. The summed E-state index contributed by atoms with van der Waals surface area (Å²) in [5.41, 5.74) is 8.29. The number of fused-ring (bicyclic) bond motifs is 1. The van der Waals surface area contributed by atoms with Gasteiger partial charge in [0.15, 0.2) is 0 Å². The number of thiophene rings is 1. The van der Waals surface area contributed by atoms with E-state index in [1.165, 1.54) is 10.4 Å². The average Bonchev–Trinajstić information content (AvgIpc) is 3.05. The second-order valence-corrected chi connectivity index (χ2v) is 6.61. The van der Waals surface area contributed by atoms with Gasteiger partial charge in [0.25, 0.3) is 5.91 Å². The first-order valence-electron chi connectivity index (χ1n) is 7.23. The molecule has 0 bridgehead atoms. The normalized spacial score (nSPS) is 17.7. The standard InChI is InChI=1S/C15H20N4OS/c1-10-4-5-21-14(10)8-17-6-11-2-3-13-12(15(16)20)7-18-19(13)9-11/h4-5,7,11,17H,2-3,6,8-9H2,1H3,(H2,16,20)/t11-/m1/s1. The van der Waals surface area contributed by atoms with Gasteiger partial charge in [-0.1, -0.05) is 0 Å². The molecular formula is C15H20N4OS. The zero-order valence-electron chi connectivity index (χ0n) is 12.1. The van der Waals surface area contributed by atoms with Crippen LogP contribution in [0.15, 0.2) is 17.6 Å². The smallest absolute Gasteiger partial charge is 0.252 e. The molecule has 0 spiro atoms. The van der Waals surface area contributed by atoms with E-state index < -0.39 is 0 Å². The Morgan fingerprint density at radius 1 is 1.62 bits per heavy atom. The number of amides is 1. The number of carbonyl (C=O) groups is 1. The molecule has 1 atom stereocenters. The Balaban J connectivity index is 1.55. The van der Waals surface area contributed by atoms with Crippen LogP contribution in [-0.2, 0) is 19.5 Å². The molecule has 3 heterocycles. The molecule has 0 aromatic carbocycles. The van der Waals surface area contributed by atoms with Gasteiger partial charge in [-0.25, -0.2) is 0 Å². The number of aromatic nitrogens is 2. The number of hydrogen-bond acceptors (Lipinski definition) is 4. The van der Waals surface area contributed by atoms with Gasteiger partial charge in [0, 0.05) is 24.5 Å². The Hall–Kier alpha value is -1.66. The third-order valence-corrected chi connectivity index (χ3v) is 5.14. The van der Waals surface area contributed by atoms with Crippen LogP contribution in [0.4, 0.5) is 0 Å². The Kier molecular flexibility index (Phi) is 4.07. The quantitative estimate of drug-likeness (QED) is 0.883. The Labute approximate surface area is 128 Å². The fourth-order valence-corrected chi connectivity index (χ4v) is 3.73. The summed E-state index contributed by atoms with van der Waals surface area (Å²) in [5.74, 6) is 0.180. The van der Waals surface area contributed by atoms with Crippen molar-refractivity contribution in [2.75, 3.05) is 6.54 Å². The molecule has 21 heavy (non-hydrogen) atoms. The molecule has 0 radical (unpaired) electrons. The average molecular weight is 304 g/mol. The van der Waals surface area contributed by atoms with Crippen LogP contribution in [0, 0.1) is 12.8 Å². The minimum atomic E-state index is -0.374. The number of aryl methyl sites for hydroxylation is 1. The zero-order chi connectivity index (χ0) is 14.8. The van der Waals surface area contributed by atoms with Gasteiger partial charge in [-0.3, -0.25) is 9.48 Å². The van der Waals surface area contributed by atoms with Crippen molar-refractivity contribution >= 4 is 17.2 Å². The van der Waals surface area contributed by atoms with E-state index >= 15 is 0 Å². The summed E-state index contributed by atoms with van der Waals surface area (Å²) < 4.78 is 1.94. The zero-order valence-corrected chi connectivity index (χ0v) is 12.9. The summed E-state index contributed by atoms with van der Waals surface area (Å²) in [6.07, 6.45) is 3.55. The lowest BCUT2D eigenvalue weighted by Gasteiger charge is -2.24. The first kappa shape index (κ1) is 14.3. The van der Waals surface area contributed by atoms with Gasteiger partial charge >= 0.3 is 0 Å². The van der Waals surface area contributed by atoms with E-state index in [0.717, 1.165) is 38.2 Å². The van der Waals surface area contributed by atoms with Crippen molar-refractivity contribution in [1.82, 2.24) is 15.1 Å². The molecule has 6 heteroatoms. The van der Waals surface area contributed by atoms with Crippen molar-refractivity contribution in [3.05, 3.63) is 39.3 Å². The van der Waals surface area contributed by atoms with Crippen molar-refractivity contribution < 1.29 is 4.79 Å². The van der Waals surface area contributed by atoms with Crippen molar-refractivity contribution in [2.24, 2.45) is 11.7 Å². The van der Waals surface area contributed by atoms with E-state index in [1.54, 1.807) is 17.5 Å². The molecule has 112 valence electrons. The van der Waals surface area contributed by atoms with Crippen LogP contribution < -0.4 is 11.1 Å². The minimum absolute atomic E-state index is 0.374. The highest BCUT2D eigenvalue weighted by Gasteiger charge is 2.23. The molecule has 1 aliphatic rings. The largest absolute Gasteiger partial charge is 0.365 e. The lowest BCUT2D eigenvalue weighted by Crippen LogP contribution is -2.31. The molecule has 0 saturated carbocycles. The molecule has 1 aliphatic heterocycles. The number of nitrogens with zero attached hydrogens (tertiary/aromatic N) is 2. The fraction of sp³-hybridized carbons (Fsp3) is 0.467. The Morgan fingerprint density at radius 3 is 3.19 bits per heavy atom. The topological polar surface area (TPSA) is 72.9 Å². The molecule has 1 amide bonds. The van der Waals surface area contributed by atoms with Crippen LogP contribution in [0.2, 0.25) is 0 Å². The summed E-state index contributed by atoms with van der Waals surface area (Å²) in [4.78, 5) is 12.7. The van der Waals surface area contributed by atoms with Crippen LogP contribution in [0.3, 0.4) is 0 Å². The SMILES string of the molecule is Cc1ccsc1CNC[C@H]1CCc2c(C(N)=O)cnn2C1. The maximum atomic E-state index is 11.3.